The molecule has 0 radical (unpaired) electrons. The van der Waals surface area contributed by atoms with Gasteiger partial charge in [-0.25, -0.2) is 4.79 Å². The maximum atomic E-state index is 12.5. The summed E-state index contributed by atoms with van der Waals surface area (Å²) in [7, 11) is 0. The van der Waals surface area contributed by atoms with E-state index in [1.165, 1.54) is 4.57 Å². The first-order valence-electron chi connectivity index (χ1n) is 6.66. The van der Waals surface area contributed by atoms with Crippen LogP contribution in [0.25, 0.3) is 11.0 Å². The summed E-state index contributed by atoms with van der Waals surface area (Å²) in [6.45, 7) is 2.76. The maximum absolute atomic E-state index is 12.5. The summed E-state index contributed by atoms with van der Waals surface area (Å²) < 4.78 is 8.20. The topological polar surface area (TPSA) is 53.2 Å². The van der Waals surface area contributed by atoms with Crippen LogP contribution in [0.1, 0.15) is 6.92 Å². The molecule has 0 amide bonds. The van der Waals surface area contributed by atoms with Gasteiger partial charge in [0, 0.05) is 17.5 Å². The number of benzene rings is 1. The number of para-hydroxylation sites is 2. The van der Waals surface area contributed by atoms with E-state index in [0.717, 1.165) is 16.8 Å². The standard InChI is InChI=1S/C14H16N2O3S/c1-2-19-13(17)8-16-12-6-4-3-5-11(12)15(14(16)18)7-10-9-20-10/h3-6,10H,2,7-9H2,1H3. The third-order valence-corrected chi connectivity index (χ3v) is 4.26. The molecule has 1 fully saturated rings. The van der Waals surface area contributed by atoms with E-state index in [2.05, 4.69) is 0 Å². The number of carbonyl (C=O) groups is 1. The number of aromatic nitrogens is 2. The average Bonchev–Trinajstić information content (AvgIpc) is 3.22. The number of hydrogen-bond donors (Lipinski definition) is 0. The monoisotopic (exact) mass is 292 g/mol. The van der Waals surface area contributed by atoms with E-state index in [9.17, 15) is 9.59 Å². The number of nitrogens with zero attached hydrogens (tertiary/aromatic N) is 2. The molecular formula is C14H16N2O3S. The highest BCUT2D eigenvalue weighted by molar-refractivity contribution is 8.06. The lowest BCUT2D eigenvalue weighted by Crippen LogP contribution is -2.28. The Hall–Kier alpha value is -1.69. The Morgan fingerprint density at radius 1 is 1.35 bits per heavy atom. The van der Waals surface area contributed by atoms with Crippen LogP contribution in [0, 0.1) is 0 Å². The van der Waals surface area contributed by atoms with Crippen LogP contribution in [0.4, 0.5) is 0 Å². The van der Waals surface area contributed by atoms with E-state index < -0.39 is 0 Å². The number of hydrogen-bond acceptors (Lipinski definition) is 4. The molecule has 0 N–H and O–H groups in total. The van der Waals surface area contributed by atoms with Crippen LogP contribution in [-0.4, -0.2) is 32.7 Å². The van der Waals surface area contributed by atoms with Gasteiger partial charge in [-0.15, -0.1) is 0 Å². The number of carbonyl (C=O) groups excluding carboxylic acids is 1. The van der Waals surface area contributed by atoms with E-state index in [-0.39, 0.29) is 18.2 Å². The summed E-state index contributed by atoms with van der Waals surface area (Å²) in [5, 5.41) is 0.523. The molecule has 6 heteroatoms. The average molecular weight is 292 g/mol. The molecule has 1 saturated heterocycles. The molecule has 106 valence electrons. The molecule has 1 aliphatic heterocycles. The second kappa shape index (κ2) is 5.36. The zero-order valence-corrected chi connectivity index (χ0v) is 12.1. The highest BCUT2D eigenvalue weighted by atomic mass is 32.2. The van der Waals surface area contributed by atoms with Crippen LogP contribution in [0.3, 0.4) is 0 Å². The Morgan fingerprint density at radius 2 is 2.00 bits per heavy atom. The van der Waals surface area contributed by atoms with Crippen molar-refractivity contribution in [2.75, 3.05) is 12.4 Å². The van der Waals surface area contributed by atoms with E-state index in [4.69, 9.17) is 4.74 Å². The lowest BCUT2D eigenvalue weighted by atomic mass is 10.3. The molecule has 3 rings (SSSR count). The van der Waals surface area contributed by atoms with Crippen molar-refractivity contribution in [2.24, 2.45) is 0 Å². The predicted octanol–water partition coefficient (Wildman–Crippen LogP) is 1.48. The lowest BCUT2D eigenvalue weighted by molar-refractivity contribution is -0.143. The van der Waals surface area contributed by atoms with Gasteiger partial charge in [-0.1, -0.05) is 12.1 Å². The molecule has 2 heterocycles. The smallest absolute Gasteiger partial charge is 0.329 e. The quantitative estimate of drug-likeness (QED) is 0.619. The third-order valence-electron chi connectivity index (χ3n) is 3.31. The van der Waals surface area contributed by atoms with Crippen LogP contribution in [0.15, 0.2) is 29.1 Å². The minimum atomic E-state index is -0.377. The van der Waals surface area contributed by atoms with Gasteiger partial charge in [-0.3, -0.25) is 13.9 Å². The van der Waals surface area contributed by atoms with Crippen molar-refractivity contribution in [2.45, 2.75) is 25.3 Å². The minimum absolute atomic E-state index is 0.0298. The number of esters is 1. The molecule has 1 aliphatic rings. The summed E-state index contributed by atoms with van der Waals surface area (Å²) in [5.74, 6) is 0.724. The maximum Gasteiger partial charge on any atom is 0.329 e. The number of fused-ring (bicyclic) bond motifs is 1. The Labute approximate surface area is 120 Å². The van der Waals surface area contributed by atoms with Gasteiger partial charge < -0.3 is 4.74 Å². The van der Waals surface area contributed by atoms with Gasteiger partial charge in [0.1, 0.15) is 6.54 Å². The Balaban J connectivity index is 2.03. The molecular weight excluding hydrogens is 276 g/mol. The van der Waals surface area contributed by atoms with Gasteiger partial charge in [0.05, 0.1) is 17.6 Å². The van der Waals surface area contributed by atoms with Crippen molar-refractivity contribution in [3.8, 4) is 0 Å². The summed E-state index contributed by atoms with van der Waals surface area (Å²) in [6, 6.07) is 7.57. The van der Waals surface area contributed by atoms with Gasteiger partial charge in [0.2, 0.25) is 0 Å². The minimum Gasteiger partial charge on any atom is -0.465 e. The first-order chi connectivity index (χ1) is 9.70. The molecule has 1 aromatic heterocycles. The number of ether oxygens (including phenoxy) is 1. The fourth-order valence-electron chi connectivity index (χ4n) is 2.31. The highest BCUT2D eigenvalue weighted by Gasteiger charge is 2.25. The summed E-state index contributed by atoms with van der Waals surface area (Å²) in [5.41, 5.74) is 1.54. The molecule has 1 aromatic carbocycles. The molecule has 1 atom stereocenters. The SMILES string of the molecule is CCOC(=O)Cn1c(=O)n(CC2CS2)c2ccccc21. The molecule has 0 aliphatic carbocycles. The fourth-order valence-corrected chi connectivity index (χ4v) is 2.81. The summed E-state index contributed by atoms with van der Waals surface area (Å²) in [6.07, 6.45) is 0. The molecule has 20 heavy (non-hydrogen) atoms. The molecule has 0 bridgehead atoms. The second-order valence-corrected chi connectivity index (χ2v) is 6.06. The Bertz CT molecular complexity index is 700. The van der Waals surface area contributed by atoms with Gasteiger partial charge in [-0.2, -0.15) is 11.8 Å². The van der Waals surface area contributed by atoms with Crippen LogP contribution >= 0.6 is 11.8 Å². The first-order valence-corrected chi connectivity index (χ1v) is 7.71. The van der Waals surface area contributed by atoms with Crippen molar-refractivity contribution in [3.63, 3.8) is 0 Å². The Morgan fingerprint density at radius 3 is 2.60 bits per heavy atom. The second-order valence-electron chi connectivity index (χ2n) is 4.73. The highest BCUT2D eigenvalue weighted by Crippen LogP contribution is 2.31. The largest absolute Gasteiger partial charge is 0.465 e. The van der Waals surface area contributed by atoms with Crippen LogP contribution in [0.2, 0.25) is 0 Å². The van der Waals surface area contributed by atoms with E-state index >= 15 is 0 Å². The normalized spacial score (nSPS) is 17.4. The summed E-state index contributed by atoms with van der Waals surface area (Å²) in [4.78, 5) is 24.2. The van der Waals surface area contributed by atoms with Gasteiger partial charge in [-0.05, 0) is 19.1 Å². The summed E-state index contributed by atoms with van der Waals surface area (Å²) >= 11 is 1.85. The fraction of sp³-hybridized carbons (Fsp3) is 0.429. The van der Waals surface area contributed by atoms with Crippen molar-refractivity contribution in [1.82, 2.24) is 9.13 Å². The number of imidazole rings is 1. The van der Waals surface area contributed by atoms with Gasteiger partial charge in [0.25, 0.3) is 0 Å². The van der Waals surface area contributed by atoms with Crippen molar-refractivity contribution in [1.29, 1.82) is 0 Å². The predicted molar refractivity (Wildman–Crippen MR) is 79.1 cm³/mol. The van der Waals surface area contributed by atoms with Crippen LogP contribution in [-0.2, 0) is 22.6 Å². The zero-order valence-electron chi connectivity index (χ0n) is 11.2. The first kappa shape index (κ1) is 13.3. The van der Waals surface area contributed by atoms with Gasteiger partial charge >= 0.3 is 11.7 Å². The van der Waals surface area contributed by atoms with Crippen molar-refractivity contribution < 1.29 is 9.53 Å². The molecule has 0 saturated carbocycles. The van der Waals surface area contributed by atoms with Crippen LogP contribution in [0.5, 0.6) is 0 Å². The van der Waals surface area contributed by atoms with E-state index in [1.54, 1.807) is 11.5 Å². The van der Waals surface area contributed by atoms with Crippen molar-refractivity contribution >= 4 is 28.8 Å². The zero-order chi connectivity index (χ0) is 14.1. The number of thioether (sulfide) groups is 1. The van der Waals surface area contributed by atoms with Crippen LogP contribution < -0.4 is 5.69 Å². The Kier molecular flexibility index (Phi) is 3.56. The molecule has 2 aromatic rings. The van der Waals surface area contributed by atoms with Crippen molar-refractivity contribution in [3.05, 3.63) is 34.7 Å². The van der Waals surface area contributed by atoms with E-state index in [1.807, 2.05) is 36.0 Å². The molecule has 1 unspecified atom stereocenters. The lowest BCUT2D eigenvalue weighted by Gasteiger charge is -2.02. The molecule has 0 spiro atoms. The van der Waals surface area contributed by atoms with E-state index in [0.29, 0.717) is 18.4 Å². The van der Waals surface area contributed by atoms with Gasteiger partial charge in [0.15, 0.2) is 0 Å². The third kappa shape index (κ3) is 2.47. The molecule has 5 nitrogen and oxygen atoms in total. The number of rotatable bonds is 5.